The van der Waals surface area contributed by atoms with Crippen LogP contribution in [0.15, 0.2) is 24.3 Å². The maximum absolute atomic E-state index is 3.42. The first kappa shape index (κ1) is 10.7. The monoisotopic (exact) mass is 204 g/mol. The van der Waals surface area contributed by atoms with Crippen molar-refractivity contribution in [3.05, 3.63) is 35.4 Å². The van der Waals surface area contributed by atoms with Crippen molar-refractivity contribution < 1.29 is 0 Å². The Morgan fingerprint density at radius 2 is 2.40 bits per heavy atom. The second kappa shape index (κ2) is 5.29. The Labute approximate surface area is 92.1 Å². The zero-order valence-corrected chi connectivity index (χ0v) is 9.42. The van der Waals surface area contributed by atoms with Crippen molar-refractivity contribution in [1.29, 1.82) is 0 Å². The number of rotatable bonds is 4. The standard InChI is InChI=1S/C13H20N2/c1-14-7-5-11-3-2-4-12(9-11)13-6-8-15-10-13/h2-4,9,13-15H,5-8,10H2,1H3. The molecular formula is C13H20N2. The quantitative estimate of drug-likeness (QED) is 0.777. The maximum Gasteiger partial charge on any atom is 0.00206 e. The zero-order chi connectivity index (χ0) is 10.5. The van der Waals surface area contributed by atoms with Crippen molar-refractivity contribution in [1.82, 2.24) is 10.6 Å². The van der Waals surface area contributed by atoms with Crippen LogP contribution in [-0.4, -0.2) is 26.7 Å². The van der Waals surface area contributed by atoms with Gasteiger partial charge in [0.15, 0.2) is 0 Å². The van der Waals surface area contributed by atoms with Gasteiger partial charge in [0, 0.05) is 6.54 Å². The Morgan fingerprint density at radius 1 is 1.47 bits per heavy atom. The number of hydrogen-bond donors (Lipinski definition) is 2. The lowest BCUT2D eigenvalue weighted by molar-refractivity contribution is 0.755. The number of hydrogen-bond acceptors (Lipinski definition) is 2. The van der Waals surface area contributed by atoms with Gasteiger partial charge in [-0.1, -0.05) is 24.3 Å². The third-order valence-corrected chi connectivity index (χ3v) is 3.15. The van der Waals surface area contributed by atoms with Crippen molar-refractivity contribution in [2.75, 3.05) is 26.7 Å². The summed E-state index contributed by atoms with van der Waals surface area (Å²) in [5.41, 5.74) is 2.96. The fourth-order valence-corrected chi connectivity index (χ4v) is 2.21. The first-order chi connectivity index (χ1) is 7.40. The van der Waals surface area contributed by atoms with Gasteiger partial charge in [-0.25, -0.2) is 0 Å². The molecule has 0 bridgehead atoms. The van der Waals surface area contributed by atoms with Crippen LogP contribution >= 0.6 is 0 Å². The molecule has 82 valence electrons. The van der Waals surface area contributed by atoms with Crippen LogP contribution in [0.3, 0.4) is 0 Å². The second-order valence-corrected chi connectivity index (χ2v) is 4.29. The van der Waals surface area contributed by atoms with E-state index in [0.29, 0.717) is 0 Å². The van der Waals surface area contributed by atoms with E-state index >= 15 is 0 Å². The van der Waals surface area contributed by atoms with Crippen molar-refractivity contribution >= 4 is 0 Å². The van der Waals surface area contributed by atoms with E-state index in [2.05, 4.69) is 34.9 Å². The van der Waals surface area contributed by atoms with Crippen LogP contribution in [0.4, 0.5) is 0 Å². The molecule has 1 saturated heterocycles. The highest BCUT2D eigenvalue weighted by Gasteiger charge is 2.16. The summed E-state index contributed by atoms with van der Waals surface area (Å²) in [4.78, 5) is 0. The molecular weight excluding hydrogens is 184 g/mol. The fourth-order valence-electron chi connectivity index (χ4n) is 2.21. The van der Waals surface area contributed by atoms with Gasteiger partial charge in [0.2, 0.25) is 0 Å². The van der Waals surface area contributed by atoms with Gasteiger partial charge < -0.3 is 10.6 Å². The molecule has 1 heterocycles. The third-order valence-electron chi connectivity index (χ3n) is 3.15. The predicted octanol–water partition coefficient (Wildman–Crippen LogP) is 1.53. The molecule has 0 radical (unpaired) electrons. The third kappa shape index (κ3) is 2.80. The smallest absolute Gasteiger partial charge is 0.00206 e. The van der Waals surface area contributed by atoms with Gasteiger partial charge in [-0.2, -0.15) is 0 Å². The summed E-state index contributed by atoms with van der Waals surface area (Å²) in [6, 6.07) is 9.05. The van der Waals surface area contributed by atoms with E-state index in [0.717, 1.165) is 25.4 Å². The molecule has 15 heavy (non-hydrogen) atoms. The molecule has 2 rings (SSSR count). The minimum atomic E-state index is 0.736. The molecule has 0 saturated carbocycles. The highest BCUT2D eigenvalue weighted by atomic mass is 14.9. The first-order valence-electron chi connectivity index (χ1n) is 5.84. The molecule has 2 nitrogen and oxygen atoms in total. The lowest BCUT2D eigenvalue weighted by atomic mass is 9.96. The molecule has 0 spiro atoms. The van der Waals surface area contributed by atoms with Gasteiger partial charge in [0.25, 0.3) is 0 Å². The summed E-state index contributed by atoms with van der Waals surface area (Å²) in [6.07, 6.45) is 2.42. The van der Waals surface area contributed by atoms with E-state index in [4.69, 9.17) is 0 Å². The van der Waals surface area contributed by atoms with E-state index in [1.54, 1.807) is 0 Å². The van der Waals surface area contributed by atoms with Crippen molar-refractivity contribution in [2.45, 2.75) is 18.8 Å². The number of likely N-dealkylation sites (N-methyl/N-ethyl adjacent to an activating group) is 1. The SMILES string of the molecule is CNCCc1cccc(C2CCNC2)c1. The van der Waals surface area contributed by atoms with Crippen LogP contribution in [0, 0.1) is 0 Å². The van der Waals surface area contributed by atoms with E-state index in [9.17, 15) is 0 Å². The van der Waals surface area contributed by atoms with E-state index in [1.165, 1.54) is 24.1 Å². The molecule has 1 aromatic rings. The predicted molar refractivity (Wildman–Crippen MR) is 64.3 cm³/mol. The number of benzene rings is 1. The molecule has 1 atom stereocenters. The van der Waals surface area contributed by atoms with E-state index < -0.39 is 0 Å². The van der Waals surface area contributed by atoms with Crippen molar-refractivity contribution in [3.63, 3.8) is 0 Å². The van der Waals surface area contributed by atoms with E-state index in [1.807, 2.05) is 7.05 Å². The van der Waals surface area contributed by atoms with Crippen molar-refractivity contribution in [2.24, 2.45) is 0 Å². The van der Waals surface area contributed by atoms with Crippen LogP contribution in [0.25, 0.3) is 0 Å². The highest BCUT2D eigenvalue weighted by molar-refractivity contribution is 5.27. The summed E-state index contributed by atoms with van der Waals surface area (Å²) in [5.74, 6) is 0.736. The lowest BCUT2D eigenvalue weighted by Crippen LogP contribution is -2.11. The van der Waals surface area contributed by atoms with Crippen LogP contribution in [-0.2, 0) is 6.42 Å². The molecule has 1 aliphatic heterocycles. The molecule has 0 aromatic heterocycles. The molecule has 0 aliphatic carbocycles. The zero-order valence-electron chi connectivity index (χ0n) is 9.42. The minimum absolute atomic E-state index is 0.736. The van der Waals surface area contributed by atoms with Gasteiger partial charge >= 0.3 is 0 Å². The normalized spacial score (nSPS) is 20.7. The molecule has 2 heteroatoms. The number of nitrogens with one attached hydrogen (secondary N) is 2. The Kier molecular flexibility index (Phi) is 3.75. The summed E-state index contributed by atoms with van der Waals surface area (Å²) in [7, 11) is 2.00. The van der Waals surface area contributed by atoms with Gasteiger partial charge in [0.05, 0.1) is 0 Å². The minimum Gasteiger partial charge on any atom is -0.319 e. The molecule has 1 aromatic carbocycles. The Balaban J connectivity index is 2.04. The van der Waals surface area contributed by atoms with Gasteiger partial charge in [-0.05, 0) is 50.0 Å². The lowest BCUT2D eigenvalue weighted by Gasteiger charge is -2.10. The Morgan fingerprint density at radius 3 is 3.13 bits per heavy atom. The summed E-state index contributed by atoms with van der Waals surface area (Å²) < 4.78 is 0. The second-order valence-electron chi connectivity index (χ2n) is 4.29. The van der Waals surface area contributed by atoms with Crippen LogP contribution in [0.1, 0.15) is 23.5 Å². The highest BCUT2D eigenvalue weighted by Crippen LogP contribution is 2.22. The van der Waals surface area contributed by atoms with Gasteiger partial charge in [-0.15, -0.1) is 0 Å². The Hall–Kier alpha value is -0.860. The molecule has 2 N–H and O–H groups in total. The summed E-state index contributed by atoms with van der Waals surface area (Å²) in [5, 5.41) is 6.61. The van der Waals surface area contributed by atoms with Gasteiger partial charge in [0.1, 0.15) is 0 Å². The molecule has 1 fully saturated rings. The van der Waals surface area contributed by atoms with Crippen LogP contribution in [0.2, 0.25) is 0 Å². The van der Waals surface area contributed by atoms with Crippen LogP contribution < -0.4 is 10.6 Å². The van der Waals surface area contributed by atoms with E-state index in [-0.39, 0.29) is 0 Å². The van der Waals surface area contributed by atoms with Crippen molar-refractivity contribution in [3.8, 4) is 0 Å². The average molecular weight is 204 g/mol. The maximum atomic E-state index is 3.42. The molecule has 1 aliphatic rings. The largest absolute Gasteiger partial charge is 0.319 e. The van der Waals surface area contributed by atoms with Gasteiger partial charge in [-0.3, -0.25) is 0 Å². The Bertz CT molecular complexity index is 303. The summed E-state index contributed by atoms with van der Waals surface area (Å²) >= 11 is 0. The average Bonchev–Trinajstić information content (AvgIpc) is 2.80. The molecule has 1 unspecified atom stereocenters. The summed E-state index contributed by atoms with van der Waals surface area (Å²) in [6.45, 7) is 3.38. The first-order valence-corrected chi connectivity index (χ1v) is 5.84. The van der Waals surface area contributed by atoms with Crippen LogP contribution in [0.5, 0.6) is 0 Å². The molecule has 0 amide bonds. The fraction of sp³-hybridized carbons (Fsp3) is 0.538. The topological polar surface area (TPSA) is 24.1 Å².